The quantitative estimate of drug-likeness (QED) is 0.844. The standard InChI is InChI=1S/C17H24N2O3/c1-4-22-17(21)19-9-5-8-18(10-11-19)16(20)15-7-6-13(2)14(3)12-15/h6-7,12H,4-5,8-11H2,1-3H3. The average Bonchev–Trinajstić information content (AvgIpc) is 2.75. The highest BCUT2D eigenvalue weighted by Gasteiger charge is 2.23. The molecule has 1 aromatic carbocycles. The van der Waals surface area contributed by atoms with Gasteiger partial charge in [0.1, 0.15) is 0 Å². The molecular formula is C17H24N2O3. The number of nitrogens with zero attached hydrogens (tertiary/aromatic N) is 2. The van der Waals surface area contributed by atoms with Crippen molar-refractivity contribution in [3.63, 3.8) is 0 Å². The van der Waals surface area contributed by atoms with Crippen LogP contribution in [0.4, 0.5) is 4.79 Å². The molecule has 0 bridgehead atoms. The maximum absolute atomic E-state index is 12.6. The third-order valence-corrected chi connectivity index (χ3v) is 4.06. The number of rotatable bonds is 2. The Morgan fingerprint density at radius 3 is 2.41 bits per heavy atom. The normalized spacial score (nSPS) is 15.4. The summed E-state index contributed by atoms with van der Waals surface area (Å²) < 4.78 is 5.03. The SMILES string of the molecule is CCOC(=O)N1CCCN(C(=O)c2ccc(C)c(C)c2)CC1. The number of hydrogen-bond donors (Lipinski definition) is 0. The Morgan fingerprint density at radius 1 is 1.05 bits per heavy atom. The first-order valence-electron chi connectivity index (χ1n) is 7.81. The van der Waals surface area contributed by atoms with Gasteiger partial charge in [0.2, 0.25) is 0 Å². The lowest BCUT2D eigenvalue weighted by Crippen LogP contribution is -2.37. The van der Waals surface area contributed by atoms with Gasteiger partial charge in [-0.2, -0.15) is 0 Å². The molecule has 0 saturated carbocycles. The number of carbonyl (C=O) groups excluding carboxylic acids is 2. The summed E-state index contributed by atoms with van der Waals surface area (Å²) in [6.45, 7) is 8.59. The maximum atomic E-state index is 12.6. The summed E-state index contributed by atoms with van der Waals surface area (Å²) in [5.74, 6) is 0.0359. The molecule has 0 atom stereocenters. The topological polar surface area (TPSA) is 49.9 Å². The van der Waals surface area contributed by atoms with Crippen LogP contribution in [0.5, 0.6) is 0 Å². The van der Waals surface area contributed by atoms with Crippen LogP contribution >= 0.6 is 0 Å². The molecule has 22 heavy (non-hydrogen) atoms. The molecule has 5 nitrogen and oxygen atoms in total. The van der Waals surface area contributed by atoms with Gasteiger partial charge in [0.15, 0.2) is 0 Å². The summed E-state index contributed by atoms with van der Waals surface area (Å²) in [6, 6.07) is 5.79. The number of amides is 2. The number of carbonyl (C=O) groups is 2. The fraction of sp³-hybridized carbons (Fsp3) is 0.529. The molecule has 0 N–H and O–H groups in total. The molecule has 0 radical (unpaired) electrons. The van der Waals surface area contributed by atoms with Gasteiger partial charge in [0.05, 0.1) is 6.61 Å². The molecule has 0 unspecified atom stereocenters. The summed E-state index contributed by atoms with van der Waals surface area (Å²) in [5.41, 5.74) is 3.02. The van der Waals surface area contributed by atoms with Gasteiger partial charge >= 0.3 is 6.09 Å². The second-order valence-electron chi connectivity index (χ2n) is 5.63. The number of aryl methyl sites for hydroxylation is 2. The Labute approximate surface area is 131 Å². The van der Waals surface area contributed by atoms with E-state index in [9.17, 15) is 9.59 Å². The fourth-order valence-electron chi connectivity index (χ4n) is 2.57. The van der Waals surface area contributed by atoms with Crippen molar-refractivity contribution in [2.75, 3.05) is 32.8 Å². The second kappa shape index (κ2) is 7.29. The highest BCUT2D eigenvalue weighted by molar-refractivity contribution is 5.94. The van der Waals surface area contributed by atoms with Crippen molar-refractivity contribution in [3.05, 3.63) is 34.9 Å². The van der Waals surface area contributed by atoms with Gasteiger partial charge in [-0.3, -0.25) is 4.79 Å². The van der Waals surface area contributed by atoms with Crippen LogP contribution < -0.4 is 0 Å². The molecule has 1 aliphatic rings. The summed E-state index contributed by atoms with van der Waals surface area (Å²) in [7, 11) is 0. The molecule has 2 rings (SSSR count). The predicted molar refractivity (Wildman–Crippen MR) is 85.0 cm³/mol. The van der Waals surface area contributed by atoms with E-state index in [1.165, 1.54) is 5.56 Å². The Kier molecular flexibility index (Phi) is 5.41. The van der Waals surface area contributed by atoms with Crippen molar-refractivity contribution in [2.24, 2.45) is 0 Å². The van der Waals surface area contributed by atoms with Crippen LogP contribution in [0.2, 0.25) is 0 Å². The third-order valence-electron chi connectivity index (χ3n) is 4.06. The van der Waals surface area contributed by atoms with Crippen molar-refractivity contribution in [1.29, 1.82) is 0 Å². The Bertz CT molecular complexity index is 557. The molecule has 0 aromatic heterocycles. The molecule has 1 fully saturated rings. The molecule has 1 saturated heterocycles. The van der Waals surface area contributed by atoms with Gasteiger partial charge in [0.25, 0.3) is 5.91 Å². The molecule has 0 aliphatic carbocycles. The molecule has 1 aliphatic heterocycles. The largest absolute Gasteiger partial charge is 0.450 e. The minimum Gasteiger partial charge on any atom is -0.450 e. The highest BCUT2D eigenvalue weighted by Crippen LogP contribution is 2.14. The molecular weight excluding hydrogens is 280 g/mol. The lowest BCUT2D eigenvalue weighted by Gasteiger charge is -2.22. The summed E-state index contributed by atoms with van der Waals surface area (Å²) >= 11 is 0. The van der Waals surface area contributed by atoms with E-state index in [-0.39, 0.29) is 12.0 Å². The van der Waals surface area contributed by atoms with E-state index in [0.29, 0.717) is 38.3 Å². The molecule has 2 amide bonds. The zero-order valence-corrected chi connectivity index (χ0v) is 13.6. The van der Waals surface area contributed by atoms with Crippen LogP contribution in [0.1, 0.15) is 34.8 Å². The zero-order valence-electron chi connectivity index (χ0n) is 13.6. The first kappa shape index (κ1) is 16.3. The molecule has 1 aromatic rings. The lowest BCUT2D eigenvalue weighted by atomic mass is 10.1. The van der Waals surface area contributed by atoms with Crippen LogP contribution in [0.3, 0.4) is 0 Å². The molecule has 1 heterocycles. The van der Waals surface area contributed by atoms with Crippen molar-refractivity contribution >= 4 is 12.0 Å². The smallest absolute Gasteiger partial charge is 0.409 e. The van der Waals surface area contributed by atoms with Crippen LogP contribution in [-0.2, 0) is 4.74 Å². The zero-order chi connectivity index (χ0) is 16.1. The maximum Gasteiger partial charge on any atom is 0.409 e. The van der Waals surface area contributed by atoms with E-state index >= 15 is 0 Å². The van der Waals surface area contributed by atoms with Crippen molar-refractivity contribution < 1.29 is 14.3 Å². The van der Waals surface area contributed by atoms with Crippen LogP contribution in [0, 0.1) is 13.8 Å². The van der Waals surface area contributed by atoms with Crippen LogP contribution in [0.25, 0.3) is 0 Å². The summed E-state index contributed by atoms with van der Waals surface area (Å²) in [4.78, 5) is 27.9. The summed E-state index contributed by atoms with van der Waals surface area (Å²) in [6.07, 6.45) is 0.484. The van der Waals surface area contributed by atoms with Gasteiger partial charge < -0.3 is 14.5 Å². The van der Waals surface area contributed by atoms with Gasteiger partial charge in [-0.1, -0.05) is 6.07 Å². The van der Waals surface area contributed by atoms with Crippen LogP contribution in [-0.4, -0.2) is 54.6 Å². The predicted octanol–water partition coefficient (Wildman–Crippen LogP) is 2.61. The first-order valence-corrected chi connectivity index (χ1v) is 7.81. The van der Waals surface area contributed by atoms with Crippen molar-refractivity contribution in [2.45, 2.75) is 27.2 Å². The highest BCUT2D eigenvalue weighted by atomic mass is 16.6. The Hall–Kier alpha value is -2.04. The van der Waals surface area contributed by atoms with Crippen LogP contribution in [0.15, 0.2) is 18.2 Å². The monoisotopic (exact) mass is 304 g/mol. The van der Waals surface area contributed by atoms with E-state index in [4.69, 9.17) is 4.74 Å². The minimum atomic E-state index is -0.289. The first-order chi connectivity index (χ1) is 10.5. The van der Waals surface area contributed by atoms with E-state index in [2.05, 4.69) is 0 Å². The Morgan fingerprint density at radius 2 is 1.73 bits per heavy atom. The average molecular weight is 304 g/mol. The van der Waals surface area contributed by atoms with E-state index in [1.54, 1.807) is 11.8 Å². The van der Waals surface area contributed by atoms with E-state index < -0.39 is 0 Å². The lowest BCUT2D eigenvalue weighted by molar-refractivity contribution is 0.0753. The molecule has 5 heteroatoms. The second-order valence-corrected chi connectivity index (χ2v) is 5.63. The van der Waals surface area contributed by atoms with Crippen molar-refractivity contribution in [1.82, 2.24) is 9.80 Å². The number of hydrogen-bond acceptors (Lipinski definition) is 3. The van der Waals surface area contributed by atoms with Gasteiger partial charge in [0, 0.05) is 31.7 Å². The van der Waals surface area contributed by atoms with Gasteiger partial charge in [-0.15, -0.1) is 0 Å². The van der Waals surface area contributed by atoms with Crippen molar-refractivity contribution in [3.8, 4) is 0 Å². The number of benzene rings is 1. The number of ether oxygens (including phenoxy) is 1. The third kappa shape index (κ3) is 3.78. The minimum absolute atomic E-state index is 0.0359. The van der Waals surface area contributed by atoms with E-state index in [0.717, 1.165) is 12.0 Å². The Balaban J connectivity index is 2.02. The van der Waals surface area contributed by atoms with Gasteiger partial charge in [-0.25, -0.2) is 4.79 Å². The van der Waals surface area contributed by atoms with Gasteiger partial charge in [-0.05, 0) is 50.5 Å². The summed E-state index contributed by atoms with van der Waals surface area (Å²) in [5, 5.41) is 0. The molecule has 0 spiro atoms. The molecule has 120 valence electrons. The fourth-order valence-corrected chi connectivity index (χ4v) is 2.57. The van der Waals surface area contributed by atoms with E-state index in [1.807, 2.05) is 36.9 Å².